The van der Waals surface area contributed by atoms with Crippen LogP contribution in [0, 0.1) is 6.92 Å². The van der Waals surface area contributed by atoms with Crippen molar-refractivity contribution in [3.63, 3.8) is 0 Å². The van der Waals surface area contributed by atoms with Crippen molar-refractivity contribution in [2.24, 2.45) is 0 Å². The average molecular weight is 351 g/mol. The highest BCUT2D eigenvalue weighted by Crippen LogP contribution is 2.28. The van der Waals surface area contributed by atoms with Crippen LogP contribution in [-0.2, 0) is 23.2 Å². The topological polar surface area (TPSA) is 92.4 Å². The summed E-state index contributed by atoms with van der Waals surface area (Å²) >= 11 is 11.7. The fourth-order valence-electron chi connectivity index (χ4n) is 1.62. The maximum absolute atomic E-state index is 12.2. The number of aliphatic hydroxyl groups is 1. The molecule has 2 rings (SSSR count). The van der Waals surface area contributed by atoms with Crippen LogP contribution >= 0.6 is 23.2 Å². The van der Waals surface area contributed by atoms with E-state index in [-0.39, 0.29) is 32.9 Å². The highest BCUT2D eigenvalue weighted by atomic mass is 35.5. The SMILES string of the molecule is Cc1cnc(CNS(=O)(=O)c2cc(CO)c(Cl)cc2Cl)o1. The summed E-state index contributed by atoms with van der Waals surface area (Å²) in [5, 5.41) is 9.31. The number of halogens is 2. The van der Waals surface area contributed by atoms with Crippen molar-refractivity contribution >= 4 is 33.2 Å². The molecule has 0 unspecified atom stereocenters. The van der Waals surface area contributed by atoms with Crippen molar-refractivity contribution in [2.45, 2.75) is 25.0 Å². The van der Waals surface area contributed by atoms with Gasteiger partial charge in [0.25, 0.3) is 0 Å². The van der Waals surface area contributed by atoms with Gasteiger partial charge < -0.3 is 9.52 Å². The normalized spacial score (nSPS) is 11.8. The largest absolute Gasteiger partial charge is 0.445 e. The zero-order valence-corrected chi connectivity index (χ0v) is 13.3. The number of hydrogen-bond acceptors (Lipinski definition) is 5. The number of nitrogens with zero attached hydrogens (tertiary/aromatic N) is 1. The van der Waals surface area contributed by atoms with Gasteiger partial charge in [0.15, 0.2) is 0 Å². The van der Waals surface area contributed by atoms with Crippen LogP contribution in [0.3, 0.4) is 0 Å². The third kappa shape index (κ3) is 3.75. The Morgan fingerprint density at radius 2 is 2.05 bits per heavy atom. The van der Waals surface area contributed by atoms with Crippen molar-refractivity contribution in [2.75, 3.05) is 0 Å². The summed E-state index contributed by atoms with van der Waals surface area (Å²) in [6.07, 6.45) is 1.49. The first-order valence-electron chi connectivity index (χ1n) is 5.83. The van der Waals surface area contributed by atoms with E-state index >= 15 is 0 Å². The molecule has 0 atom stereocenters. The summed E-state index contributed by atoms with van der Waals surface area (Å²) in [6, 6.07) is 2.51. The smallest absolute Gasteiger partial charge is 0.242 e. The summed E-state index contributed by atoms with van der Waals surface area (Å²) in [7, 11) is -3.88. The Kier molecular flexibility index (Phi) is 4.90. The number of hydrogen-bond donors (Lipinski definition) is 2. The second-order valence-corrected chi connectivity index (χ2v) is 6.77. The van der Waals surface area contributed by atoms with Crippen LogP contribution in [0.4, 0.5) is 0 Å². The molecule has 2 N–H and O–H groups in total. The number of sulfonamides is 1. The molecule has 0 bridgehead atoms. The van der Waals surface area contributed by atoms with Crippen LogP contribution in [-0.4, -0.2) is 18.5 Å². The lowest BCUT2D eigenvalue weighted by molar-refractivity contribution is 0.281. The number of oxazole rings is 1. The second-order valence-electron chi connectivity index (χ2n) is 4.22. The van der Waals surface area contributed by atoms with Gasteiger partial charge in [0, 0.05) is 5.02 Å². The number of aryl methyl sites for hydroxylation is 1. The fraction of sp³-hybridized carbons (Fsp3) is 0.250. The van der Waals surface area contributed by atoms with Crippen molar-refractivity contribution in [3.8, 4) is 0 Å². The van der Waals surface area contributed by atoms with E-state index in [4.69, 9.17) is 32.7 Å². The Morgan fingerprint density at radius 3 is 2.62 bits per heavy atom. The highest BCUT2D eigenvalue weighted by Gasteiger charge is 2.20. The lowest BCUT2D eigenvalue weighted by Crippen LogP contribution is -2.24. The van der Waals surface area contributed by atoms with E-state index in [1.165, 1.54) is 18.3 Å². The molecule has 0 spiro atoms. The molecule has 1 heterocycles. The first-order chi connectivity index (χ1) is 9.83. The molecule has 1 aromatic carbocycles. The van der Waals surface area contributed by atoms with Crippen molar-refractivity contribution < 1.29 is 17.9 Å². The lowest BCUT2D eigenvalue weighted by atomic mass is 10.2. The molecule has 0 saturated heterocycles. The zero-order valence-electron chi connectivity index (χ0n) is 10.9. The van der Waals surface area contributed by atoms with Gasteiger partial charge in [0.1, 0.15) is 10.7 Å². The number of benzene rings is 1. The van der Waals surface area contributed by atoms with Crippen LogP contribution in [0.2, 0.25) is 10.0 Å². The van der Waals surface area contributed by atoms with Gasteiger partial charge in [-0.05, 0) is 24.6 Å². The highest BCUT2D eigenvalue weighted by molar-refractivity contribution is 7.89. The molecule has 9 heteroatoms. The van der Waals surface area contributed by atoms with Gasteiger partial charge in [-0.2, -0.15) is 0 Å². The molecule has 0 radical (unpaired) electrons. The Bertz CT molecular complexity index is 759. The predicted molar refractivity (Wildman–Crippen MR) is 77.7 cm³/mol. The fourth-order valence-corrected chi connectivity index (χ4v) is 3.45. The third-order valence-electron chi connectivity index (χ3n) is 2.64. The molecule has 0 aliphatic heterocycles. The molecular weight excluding hydrogens is 339 g/mol. The minimum atomic E-state index is -3.88. The van der Waals surface area contributed by atoms with E-state index in [0.29, 0.717) is 5.76 Å². The first kappa shape index (κ1) is 16.3. The average Bonchev–Trinajstić information content (AvgIpc) is 2.82. The maximum atomic E-state index is 12.2. The van der Waals surface area contributed by atoms with Crippen molar-refractivity contribution in [1.82, 2.24) is 9.71 Å². The molecule has 0 amide bonds. The van der Waals surface area contributed by atoms with Gasteiger partial charge in [-0.25, -0.2) is 18.1 Å². The summed E-state index contributed by atoms with van der Waals surface area (Å²) in [5.74, 6) is 0.819. The molecular formula is C12H12Cl2N2O4S. The third-order valence-corrected chi connectivity index (χ3v) is 4.86. The Hall–Kier alpha value is -1.12. The standard InChI is InChI=1S/C12H12Cl2N2O4S/c1-7-4-15-12(20-7)5-16-21(18,19)11-2-8(6-17)9(13)3-10(11)14/h2-4,16-17H,5-6H2,1H3. The first-order valence-corrected chi connectivity index (χ1v) is 8.07. The molecule has 0 saturated carbocycles. The summed E-state index contributed by atoms with van der Waals surface area (Å²) in [6.45, 7) is 1.20. The lowest BCUT2D eigenvalue weighted by Gasteiger charge is -2.10. The van der Waals surface area contributed by atoms with Gasteiger partial charge in [0.2, 0.25) is 15.9 Å². The van der Waals surface area contributed by atoms with Crippen LogP contribution < -0.4 is 4.72 Å². The van der Waals surface area contributed by atoms with E-state index in [1.807, 2.05) is 0 Å². The summed E-state index contributed by atoms with van der Waals surface area (Å²) in [5.41, 5.74) is 0.272. The minimum absolute atomic E-state index is 0.0340. The molecule has 1 aromatic heterocycles. The zero-order chi connectivity index (χ0) is 15.6. The van der Waals surface area contributed by atoms with Gasteiger partial charge in [0.05, 0.1) is 24.4 Å². The van der Waals surface area contributed by atoms with Crippen molar-refractivity contribution in [3.05, 3.63) is 45.6 Å². The van der Waals surface area contributed by atoms with Crippen LogP contribution in [0.25, 0.3) is 0 Å². The van der Waals surface area contributed by atoms with Gasteiger partial charge in [-0.15, -0.1) is 0 Å². The summed E-state index contributed by atoms with van der Waals surface area (Å²) in [4.78, 5) is 3.73. The van der Waals surface area contributed by atoms with E-state index < -0.39 is 16.6 Å². The van der Waals surface area contributed by atoms with Crippen LogP contribution in [0.1, 0.15) is 17.2 Å². The van der Waals surface area contributed by atoms with Gasteiger partial charge in [-0.3, -0.25) is 0 Å². The molecule has 0 fully saturated rings. The Labute approximate surface area is 131 Å². The summed E-state index contributed by atoms with van der Waals surface area (Å²) < 4.78 is 31.9. The Balaban J connectivity index is 2.27. The van der Waals surface area contributed by atoms with E-state index in [1.54, 1.807) is 6.92 Å². The van der Waals surface area contributed by atoms with Crippen LogP contribution in [0.5, 0.6) is 0 Å². The molecule has 6 nitrogen and oxygen atoms in total. The van der Waals surface area contributed by atoms with Gasteiger partial charge >= 0.3 is 0 Å². The van der Waals surface area contributed by atoms with E-state index in [2.05, 4.69) is 9.71 Å². The molecule has 114 valence electrons. The van der Waals surface area contributed by atoms with Crippen LogP contribution in [0.15, 0.2) is 27.6 Å². The minimum Gasteiger partial charge on any atom is -0.445 e. The van der Waals surface area contributed by atoms with E-state index in [9.17, 15) is 8.42 Å². The number of aliphatic hydroxyl groups excluding tert-OH is 1. The molecule has 0 aliphatic carbocycles. The number of aromatic nitrogens is 1. The number of nitrogens with one attached hydrogen (secondary N) is 1. The number of rotatable bonds is 5. The molecule has 21 heavy (non-hydrogen) atoms. The monoisotopic (exact) mass is 350 g/mol. The maximum Gasteiger partial charge on any atom is 0.242 e. The molecule has 2 aromatic rings. The Morgan fingerprint density at radius 1 is 1.33 bits per heavy atom. The second kappa shape index (κ2) is 6.33. The predicted octanol–water partition coefficient (Wildman–Crippen LogP) is 2.26. The van der Waals surface area contributed by atoms with E-state index in [0.717, 1.165) is 0 Å². The van der Waals surface area contributed by atoms with Gasteiger partial charge in [-0.1, -0.05) is 23.2 Å². The van der Waals surface area contributed by atoms with Crippen molar-refractivity contribution in [1.29, 1.82) is 0 Å². The molecule has 0 aliphatic rings. The quantitative estimate of drug-likeness (QED) is 0.862.